The Labute approximate surface area is 152 Å². The van der Waals surface area contributed by atoms with Gasteiger partial charge in [0.2, 0.25) is 0 Å². The average Bonchev–Trinajstić information content (AvgIpc) is 2.58. The van der Waals surface area contributed by atoms with Gasteiger partial charge < -0.3 is 15.5 Å². The van der Waals surface area contributed by atoms with Gasteiger partial charge in [0.25, 0.3) is 0 Å². The van der Waals surface area contributed by atoms with E-state index in [4.69, 9.17) is 4.99 Å². The summed E-state index contributed by atoms with van der Waals surface area (Å²) in [6.07, 6.45) is 5.62. The average molecular weight is 351 g/mol. The molecule has 1 atom stereocenters. The van der Waals surface area contributed by atoms with Crippen molar-refractivity contribution in [1.29, 1.82) is 0 Å². The largest absolute Gasteiger partial charge is 0.357 e. The highest BCUT2D eigenvalue weighted by Gasteiger charge is 2.12. The summed E-state index contributed by atoms with van der Waals surface area (Å²) >= 11 is 1.91. The third-order valence-corrected chi connectivity index (χ3v) is 4.61. The summed E-state index contributed by atoms with van der Waals surface area (Å²) in [5.74, 6) is 2.16. The molecule has 0 heterocycles. The predicted molar refractivity (Wildman–Crippen MR) is 109 cm³/mol. The van der Waals surface area contributed by atoms with Crippen LogP contribution in [0.1, 0.15) is 25.3 Å². The quantitative estimate of drug-likeness (QED) is 0.366. The van der Waals surface area contributed by atoms with Crippen LogP contribution in [0, 0.1) is 0 Å². The van der Waals surface area contributed by atoms with Crippen molar-refractivity contribution >= 4 is 17.7 Å². The second-order valence-corrected chi connectivity index (χ2v) is 7.14. The molecular weight excluding hydrogens is 316 g/mol. The van der Waals surface area contributed by atoms with Crippen LogP contribution in [-0.2, 0) is 6.42 Å². The molecule has 2 N–H and O–H groups in total. The number of nitrogens with one attached hydrogen (secondary N) is 2. The van der Waals surface area contributed by atoms with Gasteiger partial charge in [-0.2, -0.15) is 11.8 Å². The zero-order chi connectivity index (χ0) is 17.6. The Morgan fingerprint density at radius 3 is 2.54 bits per heavy atom. The first-order valence-corrected chi connectivity index (χ1v) is 10.3. The molecule has 0 aliphatic heterocycles. The molecular formula is C19H34N4S. The maximum Gasteiger partial charge on any atom is 0.191 e. The lowest BCUT2D eigenvalue weighted by Gasteiger charge is -2.23. The lowest BCUT2D eigenvalue weighted by atomic mass is 10.1. The van der Waals surface area contributed by atoms with Gasteiger partial charge in [-0.25, -0.2) is 0 Å². The van der Waals surface area contributed by atoms with Gasteiger partial charge in [-0.15, -0.1) is 0 Å². The predicted octanol–water partition coefficient (Wildman–Crippen LogP) is 2.86. The summed E-state index contributed by atoms with van der Waals surface area (Å²) in [4.78, 5) is 7.06. The van der Waals surface area contributed by atoms with E-state index >= 15 is 0 Å². The van der Waals surface area contributed by atoms with Gasteiger partial charge in [0.15, 0.2) is 5.96 Å². The Kier molecular flexibility index (Phi) is 11.4. The molecule has 0 spiro atoms. The van der Waals surface area contributed by atoms with Crippen molar-refractivity contribution in [1.82, 2.24) is 15.5 Å². The summed E-state index contributed by atoms with van der Waals surface area (Å²) in [6, 6.07) is 11.1. The highest BCUT2D eigenvalue weighted by Crippen LogP contribution is 2.07. The molecule has 5 heteroatoms. The van der Waals surface area contributed by atoms with Crippen LogP contribution < -0.4 is 10.6 Å². The monoisotopic (exact) mass is 350 g/mol. The molecule has 0 aromatic heterocycles. The number of benzene rings is 1. The number of guanidine groups is 1. The van der Waals surface area contributed by atoms with E-state index in [0.717, 1.165) is 32.0 Å². The fourth-order valence-electron chi connectivity index (χ4n) is 2.41. The van der Waals surface area contributed by atoms with Gasteiger partial charge in [0, 0.05) is 19.1 Å². The van der Waals surface area contributed by atoms with Crippen LogP contribution in [0.5, 0.6) is 0 Å². The number of rotatable bonds is 11. The minimum atomic E-state index is 0.402. The number of hydrogen-bond donors (Lipinski definition) is 2. The first-order chi connectivity index (χ1) is 11.7. The van der Waals surface area contributed by atoms with Crippen LogP contribution in [0.3, 0.4) is 0 Å². The summed E-state index contributed by atoms with van der Waals surface area (Å²) in [6.45, 7) is 4.78. The number of nitrogens with zero attached hydrogens (tertiary/aromatic N) is 2. The third-order valence-electron chi connectivity index (χ3n) is 3.92. The van der Waals surface area contributed by atoms with E-state index in [1.807, 2.05) is 11.8 Å². The molecule has 1 rings (SSSR count). The molecule has 136 valence electrons. The summed E-state index contributed by atoms with van der Waals surface area (Å²) < 4.78 is 0. The van der Waals surface area contributed by atoms with Crippen molar-refractivity contribution in [2.24, 2.45) is 4.99 Å². The van der Waals surface area contributed by atoms with Crippen LogP contribution in [0.2, 0.25) is 0 Å². The van der Waals surface area contributed by atoms with Gasteiger partial charge in [-0.05, 0) is 57.9 Å². The van der Waals surface area contributed by atoms with Crippen LogP contribution in [0.15, 0.2) is 35.3 Å². The van der Waals surface area contributed by atoms with E-state index in [1.54, 1.807) is 0 Å². The molecule has 0 saturated heterocycles. The van der Waals surface area contributed by atoms with E-state index in [1.165, 1.54) is 24.2 Å². The van der Waals surface area contributed by atoms with Crippen LogP contribution in [0.4, 0.5) is 0 Å². The third kappa shape index (κ3) is 9.18. The number of unbranched alkanes of at least 4 members (excludes halogenated alkanes) is 1. The minimum absolute atomic E-state index is 0.402. The number of likely N-dealkylation sites (N-methyl/N-ethyl adjacent to an activating group) is 1. The maximum absolute atomic E-state index is 4.80. The van der Waals surface area contributed by atoms with Crippen molar-refractivity contribution in [3.63, 3.8) is 0 Å². The van der Waals surface area contributed by atoms with Crippen molar-refractivity contribution in [2.75, 3.05) is 45.7 Å². The highest BCUT2D eigenvalue weighted by atomic mass is 32.2. The molecule has 1 aromatic rings. The lowest BCUT2D eigenvalue weighted by molar-refractivity contribution is 0.298. The van der Waals surface area contributed by atoms with E-state index in [9.17, 15) is 0 Å². The van der Waals surface area contributed by atoms with E-state index in [-0.39, 0.29) is 0 Å². The molecule has 4 nitrogen and oxygen atoms in total. The van der Waals surface area contributed by atoms with Gasteiger partial charge in [-0.3, -0.25) is 4.99 Å². The van der Waals surface area contributed by atoms with Crippen LogP contribution in [-0.4, -0.2) is 62.6 Å². The molecule has 1 unspecified atom stereocenters. The number of thioether (sulfide) groups is 1. The normalized spacial score (nSPS) is 13.1. The van der Waals surface area contributed by atoms with Crippen molar-refractivity contribution in [3.8, 4) is 0 Å². The molecule has 0 aliphatic carbocycles. The smallest absolute Gasteiger partial charge is 0.191 e. The minimum Gasteiger partial charge on any atom is -0.357 e. The summed E-state index contributed by atoms with van der Waals surface area (Å²) in [5.41, 5.74) is 1.36. The molecule has 24 heavy (non-hydrogen) atoms. The van der Waals surface area contributed by atoms with Crippen molar-refractivity contribution in [3.05, 3.63) is 35.9 Å². The number of hydrogen-bond acceptors (Lipinski definition) is 3. The Balaban J connectivity index is 2.52. The van der Waals surface area contributed by atoms with Crippen molar-refractivity contribution in [2.45, 2.75) is 32.2 Å². The topological polar surface area (TPSA) is 39.7 Å². The summed E-state index contributed by atoms with van der Waals surface area (Å²) in [7, 11) is 4.26. The SMILES string of the molecule is CCNC(=NCC(Cc1ccccc1)N(C)C)NCCCCSC. The summed E-state index contributed by atoms with van der Waals surface area (Å²) in [5, 5.41) is 6.80. The van der Waals surface area contributed by atoms with Gasteiger partial charge in [-0.1, -0.05) is 30.3 Å². The maximum atomic E-state index is 4.80. The Hall–Kier alpha value is -1.20. The first kappa shape index (κ1) is 20.8. The molecule has 0 radical (unpaired) electrons. The lowest BCUT2D eigenvalue weighted by Crippen LogP contribution is -2.40. The van der Waals surface area contributed by atoms with Crippen LogP contribution in [0.25, 0.3) is 0 Å². The van der Waals surface area contributed by atoms with Gasteiger partial charge in [0.1, 0.15) is 0 Å². The molecule has 0 amide bonds. The zero-order valence-corrected chi connectivity index (χ0v) is 16.5. The molecule has 0 bridgehead atoms. The Morgan fingerprint density at radius 1 is 1.17 bits per heavy atom. The van der Waals surface area contributed by atoms with E-state index < -0.39 is 0 Å². The Bertz CT molecular complexity index is 448. The van der Waals surface area contributed by atoms with Crippen LogP contribution >= 0.6 is 11.8 Å². The molecule has 0 aliphatic rings. The molecule has 0 saturated carbocycles. The fourth-order valence-corrected chi connectivity index (χ4v) is 2.91. The first-order valence-electron chi connectivity index (χ1n) is 8.88. The Morgan fingerprint density at radius 2 is 1.92 bits per heavy atom. The second kappa shape index (κ2) is 13.1. The molecule has 0 fully saturated rings. The van der Waals surface area contributed by atoms with E-state index in [0.29, 0.717) is 6.04 Å². The van der Waals surface area contributed by atoms with Crippen molar-refractivity contribution < 1.29 is 0 Å². The van der Waals surface area contributed by atoms with E-state index in [2.05, 4.69) is 73.1 Å². The molecule has 1 aromatic carbocycles. The van der Waals surface area contributed by atoms with Gasteiger partial charge in [0.05, 0.1) is 6.54 Å². The van der Waals surface area contributed by atoms with Gasteiger partial charge >= 0.3 is 0 Å². The number of aliphatic imine (C=N–C) groups is 1. The zero-order valence-electron chi connectivity index (χ0n) is 15.7. The standard InChI is InChI=1S/C19H34N4S/c1-5-20-19(21-13-9-10-14-24-4)22-16-18(23(2)3)15-17-11-7-6-8-12-17/h6-8,11-12,18H,5,9-10,13-16H2,1-4H3,(H2,20,21,22). The highest BCUT2D eigenvalue weighted by molar-refractivity contribution is 7.98. The fraction of sp³-hybridized carbons (Fsp3) is 0.632. The second-order valence-electron chi connectivity index (χ2n) is 6.15.